The van der Waals surface area contributed by atoms with Gasteiger partial charge in [-0.25, -0.2) is 0 Å². The predicted octanol–water partition coefficient (Wildman–Crippen LogP) is 1.12. The molecule has 1 heterocycles. The molecule has 0 amide bonds. The van der Waals surface area contributed by atoms with Crippen molar-refractivity contribution >= 4 is 5.97 Å². The van der Waals surface area contributed by atoms with Gasteiger partial charge in [0.1, 0.15) is 6.10 Å². The van der Waals surface area contributed by atoms with Gasteiger partial charge >= 0.3 is 5.97 Å². The molecule has 0 radical (unpaired) electrons. The lowest BCUT2D eigenvalue weighted by Gasteiger charge is -2.30. The van der Waals surface area contributed by atoms with E-state index in [0.717, 1.165) is 5.57 Å². The van der Waals surface area contributed by atoms with Crippen LogP contribution in [0.5, 0.6) is 0 Å². The maximum atomic E-state index is 11.8. The van der Waals surface area contributed by atoms with Gasteiger partial charge in [-0.3, -0.25) is 4.79 Å². The Hall–Kier alpha value is -0.870. The normalized spacial score (nSPS) is 53.5. The van der Waals surface area contributed by atoms with Crippen LogP contribution >= 0.6 is 0 Å². The second-order valence-electron chi connectivity index (χ2n) is 6.54. The number of hydrogen-bond acceptors (Lipinski definition) is 4. The van der Waals surface area contributed by atoms with Crippen molar-refractivity contribution in [2.75, 3.05) is 0 Å². The smallest absolute Gasteiger partial charge is 0.309 e. The van der Waals surface area contributed by atoms with Crippen molar-refractivity contribution < 1.29 is 19.7 Å². The summed E-state index contributed by atoms with van der Waals surface area (Å²) in [6.07, 6.45) is -0.00463. The molecular weight excluding hydrogens is 244 g/mol. The predicted molar refractivity (Wildman–Crippen MR) is 69.1 cm³/mol. The molecule has 19 heavy (non-hydrogen) atoms. The van der Waals surface area contributed by atoms with Crippen LogP contribution in [0.25, 0.3) is 0 Å². The van der Waals surface area contributed by atoms with Gasteiger partial charge in [0.15, 0.2) is 0 Å². The van der Waals surface area contributed by atoms with E-state index < -0.39 is 6.10 Å². The van der Waals surface area contributed by atoms with Crippen molar-refractivity contribution in [2.24, 2.45) is 29.6 Å². The molecule has 3 fully saturated rings. The number of fused-ring (bicyclic) bond motifs is 3. The molecule has 3 rings (SSSR count). The molecule has 0 aromatic rings. The highest BCUT2D eigenvalue weighted by Gasteiger charge is 2.57. The first-order valence-electron chi connectivity index (χ1n) is 7.16. The summed E-state index contributed by atoms with van der Waals surface area (Å²) in [6.45, 7) is 7.93. The zero-order valence-electron chi connectivity index (χ0n) is 11.5. The molecule has 8 atom stereocenters. The summed E-state index contributed by atoms with van der Waals surface area (Å²) < 4.78 is 5.56. The van der Waals surface area contributed by atoms with Crippen LogP contribution in [0.15, 0.2) is 12.2 Å². The van der Waals surface area contributed by atoms with E-state index in [1.165, 1.54) is 0 Å². The SMILES string of the molecule is C=C1C[C@H](O)[C@H]2C(C)C(=O)O[C@@H]2[C@H]2[C@H](C)C(O)C[C@@H]12. The van der Waals surface area contributed by atoms with Crippen molar-refractivity contribution in [3.63, 3.8) is 0 Å². The second-order valence-corrected chi connectivity index (χ2v) is 6.54. The molecule has 106 valence electrons. The van der Waals surface area contributed by atoms with Gasteiger partial charge < -0.3 is 14.9 Å². The fraction of sp³-hybridized carbons (Fsp3) is 0.800. The van der Waals surface area contributed by atoms with Gasteiger partial charge in [-0.05, 0) is 24.7 Å². The standard InChI is InChI=1S/C15H22O4/c1-6-4-11(17)13-8(3)15(18)19-14(13)12-7(2)10(16)5-9(6)12/h7-14,16-17H,1,4-5H2,2-3H3/t7-,8?,9+,10?,11+,12+,13-,14-/m1/s1. The average molecular weight is 266 g/mol. The number of carbonyl (C=O) groups excluding carboxylic acids is 1. The Kier molecular flexibility index (Phi) is 2.98. The maximum Gasteiger partial charge on any atom is 0.309 e. The maximum absolute atomic E-state index is 11.8. The summed E-state index contributed by atoms with van der Waals surface area (Å²) >= 11 is 0. The Morgan fingerprint density at radius 1 is 1.21 bits per heavy atom. The molecule has 1 saturated heterocycles. The van der Waals surface area contributed by atoms with Crippen molar-refractivity contribution in [3.8, 4) is 0 Å². The van der Waals surface area contributed by atoms with E-state index in [4.69, 9.17) is 4.74 Å². The van der Waals surface area contributed by atoms with E-state index >= 15 is 0 Å². The molecule has 2 N–H and O–H groups in total. The summed E-state index contributed by atoms with van der Waals surface area (Å²) in [5.41, 5.74) is 0.999. The summed E-state index contributed by atoms with van der Waals surface area (Å²) in [6, 6.07) is 0. The van der Waals surface area contributed by atoms with Crippen molar-refractivity contribution in [3.05, 3.63) is 12.2 Å². The van der Waals surface area contributed by atoms with Gasteiger partial charge in [-0.1, -0.05) is 26.0 Å². The van der Waals surface area contributed by atoms with Crippen LogP contribution in [-0.2, 0) is 9.53 Å². The molecule has 0 bridgehead atoms. The largest absolute Gasteiger partial charge is 0.461 e. The third-order valence-electron chi connectivity index (χ3n) is 5.57. The molecule has 2 unspecified atom stereocenters. The number of aliphatic hydroxyl groups excluding tert-OH is 2. The molecule has 0 spiro atoms. The monoisotopic (exact) mass is 266 g/mol. The molecule has 0 aromatic heterocycles. The molecule has 3 aliphatic rings. The first-order valence-corrected chi connectivity index (χ1v) is 7.16. The van der Waals surface area contributed by atoms with Crippen LogP contribution in [0.1, 0.15) is 26.7 Å². The van der Waals surface area contributed by atoms with Crippen LogP contribution < -0.4 is 0 Å². The first-order chi connectivity index (χ1) is 8.91. The van der Waals surface area contributed by atoms with E-state index in [1.54, 1.807) is 0 Å². The van der Waals surface area contributed by atoms with Crippen LogP contribution in [0.3, 0.4) is 0 Å². The van der Waals surface area contributed by atoms with Crippen molar-refractivity contribution in [1.82, 2.24) is 0 Å². The molecular formula is C15H22O4. The van der Waals surface area contributed by atoms with Gasteiger partial charge in [0.2, 0.25) is 0 Å². The van der Waals surface area contributed by atoms with E-state index in [9.17, 15) is 15.0 Å². The minimum absolute atomic E-state index is 0.0812. The van der Waals surface area contributed by atoms with E-state index in [0.29, 0.717) is 12.8 Å². The fourth-order valence-electron chi connectivity index (χ4n) is 4.43. The highest BCUT2D eigenvalue weighted by atomic mass is 16.6. The van der Waals surface area contributed by atoms with Crippen LogP contribution in [0.4, 0.5) is 0 Å². The Morgan fingerprint density at radius 2 is 1.89 bits per heavy atom. The second kappa shape index (κ2) is 4.32. The zero-order valence-corrected chi connectivity index (χ0v) is 11.5. The Labute approximate surface area is 113 Å². The zero-order chi connectivity index (χ0) is 13.9. The summed E-state index contributed by atoms with van der Waals surface area (Å²) in [5.74, 6) is -0.304. The lowest BCUT2D eigenvalue weighted by Crippen LogP contribution is -2.37. The van der Waals surface area contributed by atoms with Crippen LogP contribution in [-0.4, -0.2) is 34.5 Å². The number of ether oxygens (including phenoxy) is 1. The number of carbonyl (C=O) groups is 1. The van der Waals surface area contributed by atoms with Gasteiger partial charge in [0.25, 0.3) is 0 Å². The Balaban J connectivity index is 2.00. The number of rotatable bonds is 0. The third-order valence-corrected chi connectivity index (χ3v) is 5.57. The molecule has 4 nitrogen and oxygen atoms in total. The molecule has 4 heteroatoms. The summed E-state index contributed by atoms with van der Waals surface area (Å²) in [5, 5.41) is 20.5. The summed E-state index contributed by atoms with van der Waals surface area (Å²) in [4.78, 5) is 11.8. The number of aliphatic hydroxyl groups is 2. The Bertz CT molecular complexity index is 418. The van der Waals surface area contributed by atoms with Gasteiger partial charge in [0.05, 0.1) is 18.1 Å². The molecule has 2 saturated carbocycles. The van der Waals surface area contributed by atoms with Crippen molar-refractivity contribution in [1.29, 1.82) is 0 Å². The van der Waals surface area contributed by atoms with E-state index in [1.807, 2.05) is 13.8 Å². The van der Waals surface area contributed by atoms with E-state index in [-0.39, 0.29) is 47.8 Å². The number of hydrogen-bond donors (Lipinski definition) is 2. The van der Waals surface area contributed by atoms with Gasteiger partial charge in [-0.2, -0.15) is 0 Å². The van der Waals surface area contributed by atoms with Crippen molar-refractivity contribution in [2.45, 2.75) is 45.0 Å². The lowest BCUT2D eigenvalue weighted by molar-refractivity contribution is -0.146. The molecule has 1 aliphatic heterocycles. The van der Waals surface area contributed by atoms with Crippen LogP contribution in [0.2, 0.25) is 0 Å². The first kappa shape index (κ1) is 13.1. The van der Waals surface area contributed by atoms with Gasteiger partial charge in [-0.15, -0.1) is 0 Å². The fourth-order valence-corrected chi connectivity index (χ4v) is 4.43. The number of esters is 1. The lowest BCUT2D eigenvalue weighted by atomic mass is 9.77. The molecule has 2 aliphatic carbocycles. The quantitative estimate of drug-likeness (QED) is 0.509. The molecule has 0 aromatic carbocycles. The van der Waals surface area contributed by atoms with E-state index in [2.05, 4.69) is 6.58 Å². The Morgan fingerprint density at radius 3 is 2.58 bits per heavy atom. The third kappa shape index (κ3) is 1.77. The average Bonchev–Trinajstić information content (AvgIpc) is 2.75. The highest BCUT2D eigenvalue weighted by molar-refractivity contribution is 5.75. The topological polar surface area (TPSA) is 66.8 Å². The summed E-state index contributed by atoms with van der Waals surface area (Å²) in [7, 11) is 0. The van der Waals surface area contributed by atoms with Gasteiger partial charge in [0, 0.05) is 11.8 Å². The van der Waals surface area contributed by atoms with Crippen LogP contribution in [0, 0.1) is 29.6 Å². The highest BCUT2D eigenvalue weighted by Crippen LogP contribution is 2.52. The minimum Gasteiger partial charge on any atom is -0.461 e. The minimum atomic E-state index is -0.561.